The number of benzene rings is 10. The third kappa shape index (κ3) is 6.09. The van der Waals surface area contributed by atoms with E-state index in [4.69, 9.17) is 4.98 Å². The lowest BCUT2D eigenvalue weighted by molar-refractivity contribution is 1.17. The SMILES string of the molecule is c1ccc([Si](c2ccccc2)(c2cccc(-n3c4ccccc4c4cc(-n5c6ccccc6c6ccccc65)ccc43)c2)c2ccccc2-c2ccccc2-c2nccc3c2sc2ccccc23)cc1. The summed E-state index contributed by atoms with van der Waals surface area (Å²) in [5.74, 6) is 0. The maximum Gasteiger partial charge on any atom is 0.180 e. The molecule has 0 amide bonds. The Kier molecular flexibility index (Phi) is 9.41. The van der Waals surface area contributed by atoms with Gasteiger partial charge in [0.2, 0.25) is 0 Å². The van der Waals surface area contributed by atoms with Crippen LogP contribution < -0.4 is 20.7 Å². The van der Waals surface area contributed by atoms with Crippen molar-refractivity contribution in [3.8, 4) is 33.8 Å². The molecular formula is C65H43N3SSi. The fraction of sp³-hybridized carbons (Fsp3) is 0. The maximum absolute atomic E-state index is 5.18. The summed E-state index contributed by atoms with van der Waals surface area (Å²) in [6.45, 7) is 0. The van der Waals surface area contributed by atoms with Crippen molar-refractivity contribution in [1.29, 1.82) is 0 Å². The van der Waals surface area contributed by atoms with E-state index in [1.54, 1.807) is 0 Å². The second-order valence-electron chi connectivity index (χ2n) is 18.2. The molecule has 0 aliphatic carbocycles. The zero-order valence-corrected chi connectivity index (χ0v) is 39.9. The fourth-order valence-corrected chi connectivity index (χ4v) is 17.8. The van der Waals surface area contributed by atoms with Crippen LogP contribution in [0.5, 0.6) is 0 Å². The van der Waals surface area contributed by atoms with E-state index in [0.717, 1.165) is 22.6 Å². The minimum absolute atomic E-state index is 1.02. The molecule has 0 aliphatic heterocycles. The van der Waals surface area contributed by atoms with E-state index in [1.165, 1.54) is 95.7 Å². The van der Waals surface area contributed by atoms with Crippen molar-refractivity contribution in [2.24, 2.45) is 0 Å². The van der Waals surface area contributed by atoms with Crippen molar-refractivity contribution in [3.05, 3.63) is 261 Å². The molecule has 0 saturated carbocycles. The molecule has 14 rings (SSSR count). The number of fused-ring (bicyclic) bond motifs is 9. The van der Waals surface area contributed by atoms with E-state index in [9.17, 15) is 0 Å². The van der Waals surface area contributed by atoms with Crippen LogP contribution in [-0.2, 0) is 0 Å². The largest absolute Gasteiger partial charge is 0.309 e. The first-order chi connectivity index (χ1) is 34.8. The minimum Gasteiger partial charge on any atom is -0.309 e. The van der Waals surface area contributed by atoms with Crippen LogP contribution in [0.2, 0.25) is 0 Å². The van der Waals surface area contributed by atoms with Crippen LogP contribution in [0.1, 0.15) is 0 Å². The van der Waals surface area contributed by atoms with Gasteiger partial charge in [-0.25, -0.2) is 0 Å². The Bertz CT molecular complexity index is 4220. The molecule has 0 bridgehead atoms. The summed E-state index contributed by atoms with van der Waals surface area (Å²) in [6.07, 6.45) is 1.98. The van der Waals surface area contributed by atoms with Gasteiger partial charge in [0, 0.05) is 60.2 Å². The molecule has 10 aromatic carbocycles. The molecule has 4 heterocycles. The van der Waals surface area contributed by atoms with E-state index in [-0.39, 0.29) is 0 Å². The first kappa shape index (κ1) is 40.5. The zero-order valence-electron chi connectivity index (χ0n) is 38.1. The summed E-state index contributed by atoms with van der Waals surface area (Å²) >= 11 is 1.83. The number of rotatable bonds is 8. The van der Waals surface area contributed by atoms with Crippen molar-refractivity contribution in [2.75, 3.05) is 0 Å². The van der Waals surface area contributed by atoms with E-state index in [1.807, 2.05) is 17.5 Å². The third-order valence-electron chi connectivity index (χ3n) is 14.5. The highest BCUT2D eigenvalue weighted by molar-refractivity contribution is 7.26. The Morgan fingerprint density at radius 1 is 0.329 bits per heavy atom. The smallest absolute Gasteiger partial charge is 0.180 e. The highest BCUT2D eigenvalue weighted by atomic mass is 32.1. The van der Waals surface area contributed by atoms with Gasteiger partial charge in [-0.1, -0.05) is 194 Å². The molecule has 0 spiro atoms. The number of pyridine rings is 1. The number of hydrogen-bond donors (Lipinski definition) is 0. The summed E-state index contributed by atoms with van der Waals surface area (Å²) < 4.78 is 7.39. The average molecular weight is 926 g/mol. The normalized spacial score (nSPS) is 12.0. The van der Waals surface area contributed by atoms with Crippen LogP contribution in [0, 0.1) is 0 Å². The van der Waals surface area contributed by atoms with E-state index in [2.05, 4.69) is 264 Å². The lowest BCUT2D eigenvalue weighted by Crippen LogP contribution is -2.75. The molecule has 5 heteroatoms. The first-order valence-corrected chi connectivity index (χ1v) is 26.8. The van der Waals surface area contributed by atoms with Crippen molar-refractivity contribution >= 4 is 104 Å². The summed E-state index contributed by atoms with van der Waals surface area (Å²) in [7, 11) is -3.14. The standard InChI is InChI=1S/C65H43N3SSi/c1-3-21-46(22-4-1)70(47-23-5-2-6-24-47,63-37-18-13-31-54(63)49-26-7-8-32-55(49)64-65-56(40-41-66-64)53-30-12-17-36-62(53)69-65)48-25-19-20-44(42-48)67-60-35-16-11-29-52(60)57-43-45(38-39-61(57)67)68-58-33-14-9-27-50(58)51-28-10-15-34-59(51)68/h1-43H. The Balaban J connectivity index is 1.01. The number of thiophene rings is 1. The monoisotopic (exact) mass is 925 g/mol. The van der Waals surface area contributed by atoms with Crippen molar-refractivity contribution in [1.82, 2.24) is 14.1 Å². The lowest BCUT2D eigenvalue weighted by Gasteiger charge is -2.36. The van der Waals surface area contributed by atoms with Crippen LogP contribution in [-0.4, -0.2) is 22.2 Å². The van der Waals surface area contributed by atoms with Crippen LogP contribution in [0.25, 0.3) is 97.5 Å². The third-order valence-corrected chi connectivity index (χ3v) is 20.6. The average Bonchev–Trinajstić information content (AvgIpc) is 4.10. The molecule has 0 radical (unpaired) electrons. The Morgan fingerprint density at radius 2 is 0.829 bits per heavy atom. The topological polar surface area (TPSA) is 22.8 Å². The van der Waals surface area contributed by atoms with Gasteiger partial charge in [0.05, 0.1) is 32.5 Å². The van der Waals surface area contributed by atoms with Gasteiger partial charge in [0.25, 0.3) is 0 Å². The minimum atomic E-state index is -3.14. The summed E-state index contributed by atoms with van der Waals surface area (Å²) in [5, 5.41) is 12.8. The molecule has 0 N–H and O–H groups in total. The van der Waals surface area contributed by atoms with Gasteiger partial charge in [-0.2, -0.15) is 0 Å². The van der Waals surface area contributed by atoms with Gasteiger partial charge in [-0.15, -0.1) is 11.3 Å². The van der Waals surface area contributed by atoms with Crippen molar-refractivity contribution in [2.45, 2.75) is 0 Å². The van der Waals surface area contributed by atoms with Gasteiger partial charge in [0.15, 0.2) is 8.07 Å². The number of aromatic nitrogens is 3. The van der Waals surface area contributed by atoms with Gasteiger partial charge in [0.1, 0.15) is 0 Å². The maximum atomic E-state index is 5.18. The number of hydrogen-bond acceptors (Lipinski definition) is 2. The van der Waals surface area contributed by atoms with Crippen molar-refractivity contribution in [3.63, 3.8) is 0 Å². The number of para-hydroxylation sites is 3. The highest BCUT2D eigenvalue weighted by Gasteiger charge is 2.43. The van der Waals surface area contributed by atoms with Crippen LogP contribution in [0.4, 0.5) is 0 Å². The van der Waals surface area contributed by atoms with E-state index >= 15 is 0 Å². The second-order valence-corrected chi connectivity index (χ2v) is 23.0. The van der Waals surface area contributed by atoms with E-state index < -0.39 is 8.07 Å². The first-order valence-electron chi connectivity index (χ1n) is 23.9. The predicted octanol–water partition coefficient (Wildman–Crippen LogP) is 14.4. The second kappa shape index (κ2) is 16.3. The van der Waals surface area contributed by atoms with Crippen molar-refractivity contribution < 1.29 is 0 Å². The molecule has 0 atom stereocenters. The Morgan fingerprint density at radius 3 is 1.50 bits per heavy atom. The quantitative estimate of drug-likeness (QED) is 0.110. The summed E-state index contributed by atoms with van der Waals surface area (Å²) in [4.78, 5) is 5.18. The predicted molar refractivity (Wildman–Crippen MR) is 300 cm³/mol. The molecular weight excluding hydrogens is 883 g/mol. The zero-order chi connectivity index (χ0) is 46.2. The van der Waals surface area contributed by atoms with Crippen LogP contribution in [0.15, 0.2) is 261 Å². The molecule has 3 nitrogen and oxygen atoms in total. The Labute approximate surface area is 410 Å². The molecule has 0 aliphatic rings. The molecule has 0 saturated heterocycles. The Hall–Kier alpha value is -8.61. The van der Waals surface area contributed by atoms with Crippen LogP contribution in [0.3, 0.4) is 0 Å². The molecule has 328 valence electrons. The molecule has 14 aromatic rings. The summed E-state index contributed by atoms with van der Waals surface area (Å²) in [5.41, 5.74) is 11.6. The molecule has 4 aromatic heterocycles. The van der Waals surface area contributed by atoms with Gasteiger partial charge < -0.3 is 9.13 Å². The van der Waals surface area contributed by atoms with Crippen LogP contribution >= 0.6 is 11.3 Å². The fourth-order valence-electron chi connectivity index (χ4n) is 11.6. The van der Waals surface area contributed by atoms with Gasteiger partial charge in [-0.3, -0.25) is 4.98 Å². The number of nitrogens with zero attached hydrogens (tertiary/aromatic N) is 3. The van der Waals surface area contributed by atoms with E-state index in [0.29, 0.717) is 0 Å². The summed E-state index contributed by atoms with van der Waals surface area (Å²) in [6, 6.07) is 94.6. The molecule has 70 heavy (non-hydrogen) atoms. The lowest BCUT2D eigenvalue weighted by atomic mass is 9.96. The van der Waals surface area contributed by atoms with Gasteiger partial charge >= 0.3 is 0 Å². The van der Waals surface area contributed by atoms with Gasteiger partial charge in [-0.05, 0) is 92.5 Å². The molecule has 0 unspecified atom stereocenters. The highest BCUT2D eigenvalue weighted by Crippen LogP contribution is 2.42. The molecule has 0 fully saturated rings.